The summed E-state index contributed by atoms with van der Waals surface area (Å²) in [6.45, 7) is 3.98. The fraction of sp³-hybridized carbons (Fsp3) is 0.609. The molecule has 0 N–H and O–H groups in total. The summed E-state index contributed by atoms with van der Waals surface area (Å²) in [6, 6.07) is 8.29. The van der Waals surface area contributed by atoms with Crippen molar-refractivity contribution in [2.45, 2.75) is 62.7 Å². The first-order valence-corrected chi connectivity index (χ1v) is 14.6. The summed E-state index contributed by atoms with van der Waals surface area (Å²) in [5, 5.41) is 9.69. The van der Waals surface area contributed by atoms with Crippen LogP contribution in [-0.2, 0) is 14.6 Å². The van der Waals surface area contributed by atoms with Crippen LogP contribution in [0.5, 0.6) is 0 Å². The van der Waals surface area contributed by atoms with E-state index in [1.807, 2.05) is 4.90 Å². The van der Waals surface area contributed by atoms with Gasteiger partial charge in [-0.15, -0.1) is 10.2 Å². The van der Waals surface area contributed by atoms with E-state index in [0.29, 0.717) is 11.6 Å². The van der Waals surface area contributed by atoms with E-state index >= 15 is 0 Å². The van der Waals surface area contributed by atoms with Crippen LogP contribution in [0.4, 0.5) is 5.95 Å². The van der Waals surface area contributed by atoms with Crippen LogP contribution in [0.1, 0.15) is 44.1 Å². The van der Waals surface area contributed by atoms with Crippen molar-refractivity contribution in [2.24, 2.45) is 0 Å². The average molecular weight is 490 g/mol. The molecule has 33 heavy (non-hydrogen) atoms. The lowest BCUT2D eigenvalue weighted by molar-refractivity contribution is -0.130. The van der Waals surface area contributed by atoms with E-state index in [-0.39, 0.29) is 35.2 Å². The predicted molar refractivity (Wildman–Crippen MR) is 130 cm³/mol. The van der Waals surface area contributed by atoms with E-state index in [4.69, 9.17) is 0 Å². The van der Waals surface area contributed by atoms with Crippen molar-refractivity contribution in [3.63, 3.8) is 0 Å². The van der Waals surface area contributed by atoms with E-state index in [1.54, 1.807) is 0 Å². The average Bonchev–Trinajstić information content (AvgIpc) is 3.44. The van der Waals surface area contributed by atoms with Crippen LogP contribution in [0, 0.1) is 6.92 Å². The van der Waals surface area contributed by atoms with Gasteiger partial charge in [-0.1, -0.05) is 29.5 Å². The van der Waals surface area contributed by atoms with Gasteiger partial charge < -0.3 is 9.80 Å². The zero-order valence-electron chi connectivity index (χ0n) is 19.0. The first kappa shape index (κ1) is 22.7. The Labute approximate surface area is 199 Å². The second kappa shape index (κ2) is 9.29. The zero-order chi connectivity index (χ0) is 23.0. The number of rotatable bonds is 7. The van der Waals surface area contributed by atoms with Crippen molar-refractivity contribution < 1.29 is 13.2 Å². The zero-order valence-corrected chi connectivity index (χ0v) is 20.7. The third-order valence-corrected chi connectivity index (χ3v) is 9.37. The topological polar surface area (TPSA) is 88.4 Å². The number of thioether (sulfide) groups is 1. The van der Waals surface area contributed by atoms with Crippen molar-refractivity contribution in [1.82, 2.24) is 19.7 Å². The second-order valence-electron chi connectivity index (χ2n) is 9.38. The Morgan fingerprint density at radius 3 is 2.42 bits per heavy atom. The minimum absolute atomic E-state index is 0.00239. The lowest BCUT2D eigenvalue weighted by Crippen LogP contribution is -2.43. The molecular weight excluding hydrogens is 458 g/mol. The minimum Gasteiger partial charge on any atom is -0.341 e. The number of amides is 1. The SMILES string of the molecule is Cc1ccc(-n2c(SCC(=O)N(C3CC3)[C@@H]3CCS(=O)(=O)C3)nnc2N2CCCCC2)cc1. The number of hydrogen-bond acceptors (Lipinski definition) is 7. The van der Waals surface area contributed by atoms with Crippen molar-refractivity contribution in [3.8, 4) is 5.69 Å². The smallest absolute Gasteiger partial charge is 0.233 e. The molecule has 1 aromatic carbocycles. The number of carbonyl (C=O) groups excluding carboxylic acids is 1. The first-order chi connectivity index (χ1) is 15.9. The Bertz CT molecular complexity index is 1110. The molecule has 3 fully saturated rings. The first-order valence-electron chi connectivity index (χ1n) is 11.8. The molecule has 3 aliphatic rings. The Morgan fingerprint density at radius 1 is 1.06 bits per heavy atom. The molecular formula is C23H31N5O3S2. The Kier molecular flexibility index (Phi) is 6.39. The third-order valence-electron chi connectivity index (χ3n) is 6.70. The third kappa shape index (κ3) is 5.06. The Hall–Kier alpha value is -2.07. The molecule has 1 amide bonds. The summed E-state index contributed by atoms with van der Waals surface area (Å²) in [4.78, 5) is 17.4. The number of hydrogen-bond donors (Lipinski definition) is 0. The maximum Gasteiger partial charge on any atom is 0.233 e. The van der Waals surface area contributed by atoms with Crippen LogP contribution >= 0.6 is 11.8 Å². The quantitative estimate of drug-likeness (QED) is 0.553. The van der Waals surface area contributed by atoms with Gasteiger partial charge in [0.25, 0.3) is 0 Å². The molecule has 178 valence electrons. The van der Waals surface area contributed by atoms with Crippen LogP contribution in [0.25, 0.3) is 5.69 Å². The number of sulfone groups is 1. The van der Waals surface area contributed by atoms with Gasteiger partial charge in [0.2, 0.25) is 11.9 Å². The van der Waals surface area contributed by atoms with E-state index < -0.39 is 9.84 Å². The standard InChI is InChI=1S/C23H31N5O3S2/c1-17-5-7-19(8-6-17)28-22(26-12-3-2-4-13-26)24-25-23(28)32-15-21(29)27(18-9-10-18)20-11-14-33(30,31)16-20/h5-8,18,20H,2-4,9-16H2,1H3/t20-/m1/s1. The molecule has 3 heterocycles. The summed E-state index contributed by atoms with van der Waals surface area (Å²) < 4.78 is 26.1. The molecule has 0 radical (unpaired) electrons. The van der Waals surface area contributed by atoms with Gasteiger partial charge in [-0.2, -0.15) is 0 Å². The van der Waals surface area contributed by atoms with Gasteiger partial charge >= 0.3 is 0 Å². The lowest BCUT2D eigenvalue weighted by atomic mass is 10.1. The molecule has 0 unspecified atom stereocenters. The number of nitrogens with zero attached hydrogens (tertiary/aromatic N) is 5. The molecule has 8 nitrogen and oxygen atoms in total. The number of anilines is 1. The highest BCUT2D eigenvalue weighted by Gasteiger charge is 2.42. The molecule has 1 atom stereocenters. The van der Waals surface area contributed by atoms with Crippen molar-refractivity contribution in [3.05, 3.63) is 29.8 Å². The van der Waals surface area contributed by atoms with Gasteiger partial charge in [0, 0.05) is 25.2 Å². The number of piperidine rings is 1. The monoisotopic (exact) mass is 489 g/mol. The van der Waals surface area contributed by atoms with Gasteiger partial charge in [0.1, 0.15) is 0 Å². The van der Waals surface area contributed by atoms with Gasteiger partial charge in [-0.05, 0) is 57.6 Å². The Balaban J connectivity index is 1.37. The molecule has 10 heteroatoms. The molecule has 0 spiro atoms. The largest absolute Gasteiger partial charge is 0.341 e. The summed E-state index contributed by atoms with van der Waals surface area (Å²) in [6.07, 6.45) is 6.00. The van der Waals surface area contributed by atoms with E-state index in [9.17, 15) is 13.2 Å². The van der Waals surface area contributed by atoms with Gasteiger partial charge in [-0.3, -0.25) is 9.36 Å². The van der Waals surface area contributed by atoms with Crippen molar-refractivity contribution in [1.29, 1.82) is 0 Å². The van der Waals surface area contributed by atoms with Crippen LogP contribution in [-0.4, -0.2) is 76.4 Å². The molecule has 1 saturated carbocycles. The van der Waals surface area contributed by atoms with Crippen LogP contribution in [0.15, 0.2) is 29.4 Å². The Morgan fingerprint density at radius 2 is 1.79 bits per heavy atom. The summed E-state index contributed by atoms with van der Waals surface area (Å²) in [5.74, 6) is 1.34. The highest BCUT2D eigenvalue weighted by atomic mass is 32.2. The molecule has 2 aromatic rings. The number of benzene rings is 1. The van der Waals surface area contributed by atoms with Crippen LogP contribution < -0.4 is 4.90 Å². The number of carbonyl (C=O) groups is 1. The number of aromatic nitrogens is 3. The second-order valence-corrected chi connectivity index (χ2v) is 12.6. The normalized spacial score (nSPS) is 22.5. The molecule has 2 saturated heterocycles. The summed E-state index contributed by atoms with van der Waals surface area (Å²) in [7, 11) is -3.03. The molecule has 2 aliphatic heterocycles. The highest BCUT2D eigenvalue weighted by molar-refractivity contribution is 7.99. The van der Waals surface area contributed by atoms with E-state index in [2.05, 4.69) is 50.9 Å². The van der Waals surface area contributed by atoms with Crippen LogP contribution in [0.2, 0.25) is 0 Å². The maximum atomic E-state index is 13.2. The maximum absolute atomic E-state index is 13.2. The summed E-state index contributed by atoms with van der Waals surface area (Å²) in [5.41, 5.74) is 2.17. The van der Waals surface area contributed by atoms with E-state index in [0.717, 1.165) is 50.4 Å². The van der Waals surface area contributed by atoms with E-state index in [1.165, 1.54) is 23.7 Å². The molecule has 0 bridgehead atoms. The predicted octanol–water partition coefficient (Wildman–Crippen LogP) is 2.84. The minimum atomic E-state index is -3.03. The fourth-order valence-corrected chi connectivity index (χ4v) is 7.36. The summed E-state index contributed by atoms with van der Waals surface area (Å²) >= 11 is 1.39. The van der Waals surface area contributed by atoms with Crippen molar-refractivity contribution >= 4 is 33.5 Å². The fourth-order valence-electron chi connectivity index (χ4n) is 4.83. The molecule has 1 aromatic heterocycles. The van der Waals surface area contributed by atoms with Crippen LogP contribution in [0.3, 0.4) is 0 Å². The van der Waals surface area contributed by atoms with Gasteiger partial charge in [0.05, 0.1) is 22.9 Å². The highest BCUT2D eigenvalue weighted by Crippen LogP contribution is 2.34. The lowest BCUT2D eigenvalue weighted by Gasteiger charge is -2.28. The van der Waals surface area contributed by atoms with Crippen molar-refractivity contribution in [2.75, 3.05) is 35.2 Å². The molecule has 5 rings (SSSR count). The number of aryl methyl sites for hydroxylation is 1. The van der Waals surface area contributed by atoms with Gasteiger partial charge in [-0.25, -0.2) is 8.42 Å². The molecule has 1 aliphatic carbocycles. The van der Waals surface area contributed by atoms with Gasteiger partial charge in [0.15, 0.2) is 15.0 Å².